The lowest BCUT2D eigenvalue weighted by molar-refractivity contribution is -0.157. The Morgan fingerprint density at radius 1 is 1.31 bits per heavy atom. The van der Waals surface area contributed by atoms with Gasteiger partial charge in [0.1, 0.15) is 5.92 Å². The van der Waals surface area contributed by atoms with Crippen molar-refractivity contribution in [2.24, 2.45) is 5.92 Å². The highest BCUT2D eigenvalue weighted by Gasteiger charge is 2.43. The molecule has 0 bridgehead atoms. The van der Waals surface area contributed by atoms with Crippen LogP contribution in [0.5, 0.6) is 0 Å². The third kappa shape index (κ3) is 2.13. The Bertz CT molecular complexity index is 328. The van der Waals surface area contributed by atoms with E-state index in [1.807, 2.05) is 0 Å². The standard InChI is InChI=1S/C9H13NO6/c1-4(8(13)14)7(12)10-3-2-5(11)6(10)9(15)16/h4-6,11H,2-3H2,1H3,(H,13,14)(H,15,16)/t4?,5?,6-/m0/s1. The quantitative estimate of drug-likeness (QED) is 0.523. The summed E-state index contributed by atoms with van der Waals surface area (Å²) in [4.78, 5) is 33.9. The summed E-state index contributed by atoms with van der Waals surface area (Å²) in [5.41, 5.74) is 0. The summed E-state index contributed by atoms with van der Waals surface area (Å²) in [5.74, 6) is -4.71. The van der Waals surface area contributed by atoms with Crippen LogP contribution in [0.25, 0.3) is 0 Å². The Kier molecular flexibility index (Phi) is 3.48. The number of carboxylic acids is 2. The van der Waals surface area contributed by atoms with Gasteiger partial charge in [0, 0.05) is 6.54 Å². The third-order valence-corrected chi connectivity index (χ3v) is 2.64. The molecule has 1 saturated heterocycles. The van der Waals surface area contributed by atoms with Crippen molar-refractivity contribution >= 4 is 17.8 Å². The van der Waals surface area contributed by atoms with Crippen LogP contribution in [-0.4, -0.2) is 56.8 Å². The van der Waals surface area contributed by atoms with Crippen LogP contribution in [0.4, 0.5) is 0 Å². The van der Waals surface area contributed by atoms with Gasteiger partial charge in [0.25, 0.3) is 0 Å². The molecule has 3 N–H and O–H groups in total. The average Bonchev–Trinajstić information content (AvgIpc) is 2.57. The van der Waals surface area contributed by atoms with Gasteiger partial charge in [-0.1, -0.05) is 0 Å². The Morgan fingerprint density at radius 3 is 2.31 bits per heavy atom. The van der Waals surface area contributed by atoms with Crippen LogP contribution in [-0.2, 0) is 14.4 Å². The van der Waals surface area contributed by atoms with E-state index in [0.29, 0.717) is 0 Å². The van der Waals surface area contributed by atoms with Crippen molar-refractivity contribution < 1.29 is 29.7 Å². The lowest BCUT2D eigenvalue weighted by atomic mass is 10.1. The van der Waals surface area contributed by atoms with Gasteiger partial charge >= 0.3 is 11.9 Å². The molecule has 16 heavy (non-hydrogen) atoms. The van der Waals surface area contributed by atoms with Crippen LogP contribution in [0.3, 0.4) is 0 Å². The Labute approximate surface area is 91.3 Å². The van der Waals surface area contributed by atoms with Crippen molar-refractivity contribution in [3.05, 3.63) is 0 Å². The predicted molar refractivity (Wildman–Crippen MR) is 50.6 cm³/mol. The number of carboxylic acid groups (broad SMARTS) is 2. The van der Waals surface area contributed by atoms with E-state index in [0.717, 1.165) is 4.90 Å². The maximum atomic E-state index is 11.6. The first-order chi connectivity index (χ1) is 7.36. The smallest absolute Gasteiger partial charge is 0.329 e. The van der Waals surface area contributed by atoms with Crippen molar-refractivity contribution in [3.8, 4) is 0 Å². The molecule has 0 radical (unpaired) electrons. The van der Waals surface area contributed by atoms with Gasteiger partial charge in [-0.2, -0.15) is 0 Å². The second kappa shape index (κ2) is 4.48. The fourth-order valence-corrected chi connectivity index (χ4v) is 1.68. The average molecular weight is 231 g/mol. The summed E-state index contributed by atoms with van der Waals surface area (Å²) in [6.07, 6.45) is -0.989. The molecule has 1 aliphatic heterocycles. The van der Waals surface area contributed by atoms with Crippen LogP contribution in [0.2, 0.25) is 0 Å². The molecule has 0 spiro atoms. The number of nitrogens with zero attached hydrogens (tertiary/aromatic N) is 1. The second-order valence-electron chi connectivity index (χ2n) is 3.73. The molecule has 7 nitrogen and oxygen atoms in total. The highest BCUT2D eigenvalue weighted by atomic mass is 16.4. The first-order valence-corrected chi connectivity index (χ1v) is 4.80. The van der Waals surface area contributed by atoms with E-state index in [1.54, 1.807) is 0 Å². The highest BCUT2D eigenvalue weighted by molar-refractivity contribution is 5.98. The molecule has 1 heterocycles. The number of hydrogen-bond acceptors (Lipinski definition) is 4. The van der Waals surface area contributed by atoms with Crippen molar-refractivity contribution in [1.82, 2.24) is 4.90 Å². The van der Waals surface area contributed by atoms with Gasteiger partial charge in [-0.25, -0.2) is 4.79 Å². The lowest BCUT2D eigenvalue weighted by Gasteiger charge is -2.24. The maximum Gasteiger partial charge on any atom is 0.329 e. The van der Waals surface area contributed by atoms with Crippen LogP contribution in [0.1, 0.15) is 13.3 Å². The maximum absolute atomic E-state index is 11.6. The van der Waals surface area contributed by atoms with Crippen molar-refractivity contribution in [2.45, 2.75) is 25.5 Å². The molecule has 0 aromatic carbocycles. The first-order valence-electron chi connectivity index (χ1n) is 4.80. The van der Waals surface area contributed by atoms with Gasteiger partial charge in [-0.3, -0.25) is 9.59 Å². The molecule has 1 aliphatic rings. The molecule has 0 aromatic heterocycles. The minimum Gasteiger partial charge on any atom is -0.481 e. The van der Waals surface area contributed by atoms with Gasteiger partial charge in [0.2, 0.25) is 5.91 Å². The van der Waals surface area contributed by atoms with Crippen LogP contribution in [0, 0.1) is 5.92 Å². The van der Waals surface area contributed by atoms with Gasteiger partial charge in [0.05, 0.1) is 6.10 Å². The van der Waals surface area contributed by atoms with Gasteiger partial charge < -0.3 is 20.2 Å². The zero-order valence-electron chi connectivity index (χ0n) is 8.66. The highest BCUT2D eigenvalue weighted by Crippen LogP contribution is 2.20. The normalized spacial score (nSPS) is 26.5. The summed E-state index contributed by atoms with van der Waals surface area (Å²) in [5, 5.41) is 26.8. The molecule has 0 aromatic rings. The number of amides is 1. The predicted octanol–water partition coefficient (Wildman–Crippen LogP) is -1.25. The molecule has 1 amide bonds. The van der Waals surface area contributed by atoms with Crippen molar-refractivity contribution in [1.29, 1.82) is 0 Å². The third-order valence-electron chi connectivity index (χ3n) is 2.64. The fraction of sp³-hybridized carbons (Fsp3) is 0.667. The zero-order valence-corrected chi connectivity index (χ0v) is 8.66. The molecule has 7 heteroatoms. The minimum atomic E-state index is -1.34. The Hall–Kier alpha value is -1.63. The molecule has 90 valence electrons. The van der Waals surface area contributed by atoms with E-state index >= 15 is 0 Å². The van der Waals surface area contributed by atoms with Crippen molar-refractivity contribution in [3.63, 3.8) is 0 Å². The van der Waals surface area contributed by atoms with Crippen LogP contribution < -0.4 is 0 Å². The fourth-order valence-electron chi connectivity index (χ4n) is 1.68. The minimum absolute atomic E-state index is 0.0641. The monoisotopic (exact) mass is 231 g/mol. The lowest BCUT2D eigenvalue weighted by Crippen LogP contribution is -2.48. The summed E-state index contributed by atoms with van der Waals surface area (Å²) < 4.78 is 0. The van der Waals surface area contributed by atoms with E-state index in [-0.39, 0.29) is 13.0 Å². The number of aliphatic carboxylic acids is 2. The number of aliphatic hydroxyl groups excluding tert-OH is 1. The number of hydrogen-bond donors (Lipinski definition) is 3. The molecule has 1 rings (SSSR count). The Balaban J connectivity index is 2.84. The molecule has 2 unspecified atom stereocenters. The summed E-state index contributed by atoms with van der Waals surface area (Å²) >= 11 is 0. The summed E-state index contributed by atoms with van der Waals surface area (Å²) in [6, 6.07) is -1.34. The van der Waals surface area contributed by atoms with E-state index in [2.05, 4.69) is 0 Å². The van der Waals surface area contributed by atoms with Crippen LogP contribution in [0.15, 0.2) is 0 Å². The van der Waals surface area contributed by atoms with E-state index in [9.17, 15) is 19.5 Å². The van der Waals surface area contributed by atoms with E-state index in [1.165, 1.54) is 6.92 Å². The number of likely N-dealkylation sites (tertiary alicyclic amines) is 1. The largest absolute Gasteiger partial charge is 0.481 e. The molecular formula is C9H13NO6. The zero-order chi connectivity index (χ0) is 12.5. The van der Waals surface area contributed by atoms with E-state index < -0.39 is 35.9 Å². The molecule has 0 saturated carbocycles. The van der Waals surface area contributed by atoms with Gasteiger partial charge in [-0.05, 0) is 13.3 Å². The topological polar surface area (TPSA) is 115 Å². The number of carbonyl (C=O) groups is 3. The van der Waals surface area contributed by atoms with Gasteiger partial charge in [-0.15, -0.1) is 0 Å². The SMILES string of the molecule is CC(C(=O)O)C(=O)N1CCC(O)[C@H]1C(=O)O. The van der Waals surface area contributed by atoms with Crippen molar-refractivity contribution in [2.75, 3.05) is 6.54 Å². The first kappa shape index (κ1) is 12.4. The summed E-state index contributed by atoms with van der Waals surface area (Å²) in [6.45, 7) is 1.25. The van der Waals surface area contributed by atoms with E-state index in [4.69, 9.17) is 10.2 Å². The summed E-state index contributed by atoms with van der Waals surface area (Å²) in [7, 11) is 0. The second-order valence-corrected chi connectivity index (χ2v) is 3.73. The molecule has 3 atom stereocenters. The number of aliphatic hydroxyl groups is 1. The van der Waals surface area contributed by atoms with Crippen LogP contribution >= 0.6 is 0 Å². The molecule has 0 aliphatic carbocycles. The molecule has 1 fully saturated rings. The Morgan fingerprint density at radius 2 is 1.88 bits per heavy atom. The molecular weight excluding hydrogens is 218 g/mol. The number of carbonyl (C=O) groups excluding carboxylic acids is 1. The number of rotatable bonds is 3. The van der Waals surface area contributed by atoms with Gasteiger partial charge in [0.15, 0.2) is 6.04 Å².